The van der Waals surface area contributed by atoms with Crippen LogP contribution in [0.15, 0.2) is 36.4 Å². The van der Waals surface area contributed by atoms with Crippen molar-refractivity contribution in [1.29, 1.82) is 5.26 Å². The van der Waals surface area contributed by atoms with Gasteiger partial charge in [0.1, 0.15) is 11.9 Å². The van der Waals surface area contributed by atoms with E-state index in [1.165, 1.54) is 0 Å². The summed E-state index contributed by atoms with van der Waals surface area (Å²) in [5.74, 6) is 0.494. The second-order valence-corrected chi connectivity index (χ2v) is 4.28. The Morgan fingerprint density at radius 3 is 2.47 bits per heavy atom. The summed E-state index contributed by atoms with van der Waals surface area (Å²) in [6.45, 7) is -0.0939. The highest BCUT2D eigenvalue weighted by atomic mass is 35.5. The van der Waals surface area contributed by atoms with Crippen molar-refractivity contribution in [2.24, 2.45) is 0 Å². The van der Waals surface area contributed by atoms with Crippen LogP contribution in [0.3, 0.4) is 0 Å². The normalized spacial score (nSPS) is 11.6. The first-order valence-electron chi connectivity index (χ1n) is 5.59. The first-order chi connectivity index (χ1) is 9.22. The van der Waals surface area contributed by atoms with E-state index in [4.69, 9.17) is 16.9 Å². The molecule has 5 nitrogen and oxygen atoms in total. The van der Waals surface area contributed by atoms with Crippen molar-refractivity contribution in [3.8, 4) is 6.07 Å². The van der Waals surface area contributed by atoms with Gasteiger partial charge in [-0.3, -0.25) is 0 Å². The molecule has 0 fully saturated rings. The Morgan fingerprint density at radius 1 is 1.21 bits per heavy atom. The minimum Gasteiger partial charge on any atom is -0.394 e. The van der Waals surface area contributed by atoms with E-state index in [1.54, 1.807) is 24.3 Å². The molecule has 96 valence electrons. The molecule has 1 unspecified atom stereocenters. The Hall–Kier alpha value is -2.16. The lowest BCUT2D eigenvalue weighted by molar-refractivity contribution is 0.276. The van der Waals surface area contributed by atoms with E-state index in [2.05, 4.69) is 15.5 Å². The lowest BCUT2D eigenvalue weighted by Gasteiger charge is -2.16. The highest BCUT2D eigenvalue weighted by Gasteiger charge is 2.11. The molecular formula is C13H11ClN4O. The van der Waals surface area contributed by atoms with Crippen LogP contribution in [0.1, 0.15) is 17.3 Å². The van der Waals surface area contributed by atoms with Crippen LogP contribution >= 0.6 is 11.6 Å². The third-order valence-electron chi connectivity index (χ3n) is 2.56. The SMILES string of the molecule is N#Cc1ccc(NC(CO)c2ccc(Cl)cc2)nn1. The molecule has 0 spiro atoms. The van der Waals surface area contributed by atoms with E-state index >= 15 is 0 Å². The number of hydrogen-bond acceptors (Lipinski definition) is 5. The molecule has 2 aromatic rings. The zero-order chi connectivity index (χ0) is 13.7. The van der Waals surface area contributed by atoms with Crippen LogP contribution in [0.4, 0.5) is 5.82 Å². The third kappa shape index (κ3) is 3.41. The molecule has 1 aromatic carbocycles. The van der Waals surface area contributed by atoms with Gasteiger partial charge in [0.2, 0.25) is 0 Å². The summed E-state index contributed by atoms with van der Waals surface area (Å²) < 4.78 is 0. The van der Waals surface area contributed by atoms with Crippen LogP contribution < -0.4 is 5.32 Å². The topological polar surface area (TPSA) is 81.8 Å². The Morgan fingerprint density at radius 2 is 1.95 bits per heavy atom. The summed E-state index contributed by atoms with van der Waals surface area (Å²) in [7, 11) is 0. The fraction of sp³-hybridized carbons (Fsp3) is 0.154. The minimum atomic E-state index is -0.306. The fourth-order valence-corrected chi connectivity index (χ4v) is 1.70. The van der Waals surface area contributed by atoms with Crippen molar-refractivity contribution in [2.45, 2.75) is 6.04 Å². The van der Waals surface area contributed by atoms with E-state index in [0.29, 0.717) is 10.8 Å². The number of benzene rings is 1. The monoisotopic (exact) mass is 274 g/mol. The van der Waals surface area contributed by atoms with Gasteiger partial charge in [0.25, 0.3) is 0 Å². The molecule has 0 aliphatic heterocycles. The number of rotatable bonds is 4. The number of aliphatic hydroxyl groups is 1. The van der Waals surface area contributed by atoms with Crippen molar-refractivity contribution >= 4 is 17.4 Å². The number of anilines is 1. The van der Waals surface area contributed by atoms with Crippen molar-refractivity contribution in [1.82, 2.24) is 10.2 Å². The molecule has 0 bridgehead atoms. The van der Waals surface area contributed by atoms with Gasteiger partial charge < -0.3 is 10.4 Å². The van der Waals surface area contributed by atoms with Gasteiger partial charge in [-0.15, -0.1) is 10.2 Å². The molecular weight excluding hydrogens is 264 g/mol. The number of halogens is 1. The lowest BCUT2D eigenvalue weighted by atomic mass is 10.1. The molecule has 0 saturated heterocycles. The molecule has 1 atom stereocenters. The van der Waals surface area contributed by atoms with Gasteiger partial charge in [0.15, 0.2) is 5.69 Å². The maximum absolute atomic E-state index is 9.41. The molecule has 1 aromatic heterocycles. The number of nitriles is 1. The van der Waals surface area contributed by atoms with Gasteiger partial charge in [0.05, 0.1) is 12.6 Å². The molecule has 2 rings (SSSR count). The number of aromatic nitrogens is 2. The van der Waals surface area contributed by atoms with Crippen LogP contribution in [-0.2, 0) is 0 Å². The van der Waals surface area contributed by atoms with E-state index < -0.39 is 0 Å². The van der Waals surface area contributed by atoms with Crippen LogP contribution in [0.2, 0.25) is 5.02 Å². The predicted octanol–water partition coefficient (Wildman–Crippen LogP) is 2.15. The smallest absolute Gasteiger partial charge is 0.163 e. The van der Waals surface area contributed by atoms with Crippen molar-refractivity contribution in [3.05, 3.63) is 52.7 Å². The average molecular weight is 275 g/mol. The summed E-state index contributed by atoms with van der Waals surface area (Å²) in [5, 5.41) is 29.3. The van der Waals surface area contributed by atoms with Crippen LogP contribution in [0.5, 0.6) is 0 Å². The summed E-state index contributed by atoms with van der Waals surface area (Å²) in [6, 6.07) is 12.0. The van der Waals surface area contributed by atoms with Gasteiger partial charge in [-0.05, 0) is 29.8 Å². The molecule has 1 heterocycles. The first-order valence-corrected chi connectivity index (χ1v) is 5.97. The Kier molecular flexibility index (Phi) is 4.29. The summed E-state index contributed by atoms with van der Waals surface area (Å²) in [5.41, 5.74) is 1.13. The zero-order valence-electron chi connectivity index (χ0n) is 9.92. The molecule has 0 radical (unpaired) electrons. The zero-order valence-corrected chi connectivity index (χ0v) is 10.7. The largest absolute Gasteiger partial charge is 0.394 e. The number of aliphatic hydroxyl groups excluding tert-OH is 1. The number of nitrogens with one attached hydrogen (secondary N) is 1. The first kappa shape index (κ1) is 13.3. The van der Waals surface area contributed by atoms with Gasteiger partial charge in [-0.2, -0.15) is 5.26 Å². The van der Waals surface area contributed by atoms with Gasteiger partial charge in [-0.25, -0.2) is 0 Å². The van der Waals surface area contributed by atoms with E-state index in [-0.39, 0.29) is 18.3 Å². The van der Waals surface area contributed by atoms with Gasteiger partial charge in [-0.1, -0.05) is 23.7 Å². The molecule has 0 aliphatic rings. The molecule has 2 N–H and O–H groups in total. The predicted molar refractivity (Wildman–Crippen MR) is 71.6 cm³/mol. The molecule has 0 aliphatic carbocycles. The summed E-state index contributed by atoms with van der Waals surface area (Å²) in [4.78, 5) is 0. The summed E-state index contributed by atoms with van der Waals surface area (Å²) >= 11 is 5.82. The molecule has 19 heavy (non-hydrogen) atoms. The van der Waals surface area contributed by atoms with Gasteiger partial charge >= 0.3 is 0 Å². The fourth-order valence-electron chi connectivity index (χ4n) is 1.58. The number of nitrogens with zero attached hydrogens (tertiary/aromatic N) is 3. The third-order valence-corrected chi connectivity index (χ3v) is 2.81. The van der Waals surface area contributed by atoms with E-state index in [0.717, 1.165) is 5.56 Å². The molecule has 6 heteroatoms. The maximum atomic E-state index is 9.41. The van der Waals surface area contributed by atoms with Crippen molar-refractivity contribution < 1.29 is 5.11 Å². The molecule has 0 saturated carbocycles. The second-order valence-electron chi connectivity index (χ2n) is 3.85. The highest BCUT2D eigenvalue weighted by molar-refractivity contribution is 6.30. The average Bonchev–Trinajstić information content (AvgIpc) is 2.46. The van der Waals surface area contributed by atoms with Crippen LogP contribution in [0.25, 0.3) is 0 Å². The lowest BCUT2D eigenvalue weighted by Crippen LogP contribution is -2.15. The summed E-state index contributed by atoms with van der Waals surface area (Å²) in [6.07, 6.45) is 0. The highest BCUT2D eigenvalue weighted by Crippen LogP contribution is 2.19. The maximum Gasteiger partial charge on any atom is 0.163 e. The Labute approximate surface area is 115 Å². The molecule has 0 amide bonds. The van der Waals surface area contributed by atoms with Crippen LogP contribution in [0, 0.1) is 11.3 Å². The van der Waals surface area contributed by atoms with Crippen molar-refractivity contribution in [3.63, 3.8) is 0 Å². The van der Waals surface area contributed by atoms with Gasteiger partial charge in [0, 0.05) is 5.02 Å². The number of hydrogen-bond donors (Lipinski definition) is 2. The van der Waals surface area contributed by atoms with E-state index in [1.807, 2.05) is 18.2 Å². The Bertz CT molecular complexity index is 577. The quantitative estimate of drug-likeness (QED) is 0.893. The second kappa shape index (κ2) is 6.14. The Balaban J connectivity index is 2.14. The van der Waals surface area contributed by atoms with E-state index in [9.17, 15) is 5.11 Å². The minimum absolute atomic E-state index is 0.0939. The van der Waals surface area contributed by atoms with Crippen molar-refractivity contribution in [2.75, 3.05) is 11.9 Å². The van der Waals surface area contributed by atoms with Crippen LogP contribution in [-0.4, -0.2) is 21.9 Å². The standard InChI is InChI=1S/C13H11ClN4O/c14-10-3-1-9(2-4-10)12(8-19)16-13-6-5-11(7-15)17-18-13/h1-6,12,19H,8H2,(H,16,18).